The van der Waals surface area contributed by atoms with Crippen LogP contribution in [0.15, 0.2) is 63.1 Å². The minimum absolute atomic E-state index is 0.552. The molecule has 1 aliphatic heterocycles. The van der Waals surface area contributed by atoms with Gasteiger partial charge in [-0.3, -0.25) is 5.01 Å². The molecule has 0 saturated heterocycles. The molecule has 0 N–H and O–H groups in total. The summed E-state index contributed by atoms with van der Waals surface area (Å²) in [5, 5.41) is 20.0. The van der Waals surface area contributed by atoms with Gasteiger partial charge in [0.05, 0.1) is 39.3 Å². The molecule has 0 spiro atoms. The Hall–Kier alpha value is -3.27. The molecule has 0 saturated carbocycles. The molecule has 2 aromatic rings. The van der Waals surface area contributed by atoms with Gasteiger partial charge in [0.1, 0.15) is 17.1 Å². The summed E-state index contributed by atoms with van der Waals surface area (Å²) in [6.45, 7) is 1.90. The Labute approximate surface area is 151 Å². The first kappa shape index (κ1) is 17.5. The fourth-order valence-electron chi connectivity index (χ4n) is 2.37. The van der Waals surface area contributed by atoms with E-state index in [-0.39, 0.29) is 0 Å². The molecule has 1 radical (unpaired) electrons. The van der Waals surface area contributed by atoms with E-state index < -0.39 is 0 Å². The number of aromatic nitrogens is 2. The van der Waals surface area contributed by atoms with Crippen molar-refractivity contribution < 1.29 is 9.30 Å². The Balaban J connectivity index is 1.79. The maximum atomic E-state index is 5.39. The molecular weight excluding hydrogens is 334 g/mol. The second-order valence-corrected chi connectivity index (χ2v) is 5.79. The van der Waals surface area contributed by atoms with Crippen LogP contribution in [0.5, 0.6) is 5.75 Å². The van der Waals surface area contributed by atoms with E-state index >= 15 is 0 Å². The van der Waals surface area contributed by atoms with E-state index in [1.165, 1.54) is 5.12 Å². The van der Waals surface area contributed by atoms with Crippen molar-refractivity contribution in [2.24, 2.45) is 34.7 Å². The highest BCUT2D eigenvalue weighted by Crippen LogP contribution is 2.32. The summed E-state index contributed by atoms with van der Waals surface area (Å²) in [5.41, 5.74) is 6.27. The zero-order valence-electron chi connectivity index (χ0n) is 15.4. The average Bonchev–Trinajstić information content (AvgIpc) is 3.12. The normalized spacial score (nSPS) is 14.7. The van der Waals surface area contributed by atoms with E-state index in [2.05, 4.69) is 26.1 Å². The van der Waals surface area contributed by atoms with Crippen molar-refractivity contribution in [2.75, 3.05) is 14.2 Å². The molecule has 0 amide bonds. The summed E-state index contributed by atoms with van der Waals surface area (Å²) in [6, 6.07) is 5.34. The molecule has 135 valence electrons. The van der Waals surface area contributed by atoms with Crippen molar-refractivity contribution in [3.8, 4) is 5.75 Å². The predicted octanol–water partition coefficient (Wildman–Crippen LogP) is 2.82. The Morgan fingerprint density at radius 2 is 1.96 bits per heavy atom. The summed E-state index contributed by atoms with van der Waals surface area (Å²) in [5.74, 6) is 1.28. The number of imidazole rings is 1. The van der Waals surface area contributed by atoms with Gasteiger partial charge >= 0.3 is 5.95 Å². The highest BCUT2D eigenvalue weighted by molar-refractivity contribution is 5.58. The lowest BCUT2D eigenvalue weighted by molar-refractivity contribution is -0.657. The number of nitrogens with zero attached hydrogens (tertiary/aromatic N) is 9. The summed E-state index contributed by atoms with van der Waals surface area (Å²) >= 11 is 0. The Bertz CT molecular complexity index is 864. The molecule has 0 fully saturated rings. The van der Waals surface area contributed by atoms with Gasteiger partial charge in [0.25, 0.3) is 0 Å². The zero-order chi connectivity index (χ0) is 18.7. The molecule has 1 aromatic heterocycles. The van der Waals surface area contributed by atoms with E-state index in [0.717, 1.165) is 11.6 Å². The molecule has 10 heteroatoms. The van der Waals surface area contributed by atoms with Crippen molar-refractivity contribution >= 4 is 17.3 Å². The van der Waals surface area contributed by atoms with Gasteiger partial charge in [-0.2, -0.15) is 0 Å². The van der Waals surface area contributed by atoms with Gasteiger partial charge in [0.2, 0.25) is 0 Å². The molecule has 26 heavy (non-hydrogen) atoms. The molecular formula is C16H21N9O+. The minimum Gasteiger partial charge on any atom is -0.494 e. The number of hydrogen-bond acceptors (Lipinski definition) is 6. The molecule has 0 unspecified atom stereocenters. The minimum atomic E-state index is 0.552. The van der Waals surface area contributed by atoms with Crippen molar-refractivity contribution in [1.29, 1.82) is 0 Å². The molecule has 1 aliphatic rings. The SMILES string of the molecule is COc1cc(N=Nc2n(C)cc[n+]2C)ccc1N=NN1[N]N(C)C=C1C. The number of methoxy groups -OCH3 is 1. The van der Waals surface area contributed by atoms with Gasteiger partial charge in [-0.1, -0.05) is 5.11 Å². The maximum absolute atomic E-state index is 5.39. The van der Waals surface area contributed by atoms with Crippen molar-refractivity contribution in [3.05, 3.63) is 42.5 Å². The van der Waals surface area contributed by atoms with Crippen LogP contribution in [-0.2, 0) is 14.1 Å². The third-order valence-electron chi connectivity index (χ3n) is 3.72. The molecule has 1 aromatic carbocycles. The lowest BCUT2D eigenvalue weighted by Gasteiger charge is -2.11. The van der Waals surface area contributed by atoms with Gasteiger partial charge in [-0.15, -0.1) is 10.2 Å². The van der Waals surface area contributed by atoms with Crippen LogP contribution in [0.4, 0.5) is 17.3 Å². The number of benzene rings is 1. The average molecular weight is 355 g/mol. The highest BCUT2D eigenvalue weighted by Gasteiger charge is 2.16. The van der Waals surface area contributed by atoms with Gasteiger partial charge in [0, 0.05) is 30.0 Å². The van der Waals surface area contributed by atoms with Gasteiger partial charge in [0.15, 0.2) is 0 Å². The van der Waals surface area contributed by atoms with Crippen LogP contribution in [0.25, 0.3) is 0 Å². The van der Waals surface area contributed by atoms with E-state index in [0.29, 0.717) is 17.1 Å². The molecule has 10 nitrogen and oxygen atoms in total. The summed E-state index contributed by atoms with van der Waals surface area (Å²) in [7, 11) is 7.23. The summed E-state index contributed by atoms with van der Waals surface area (Å²) < 4.78 is 9.16. The van der Waals surface area contributed by atoms with Crippen LogP contribution in [-0.4, -0.2) is 28.9 Å². The van der Waals surface area contributed by atoms with Crippen molar-refractivity contribution in [3.63, 3.8) is 0 Å². The third-order valence-corrected chi connectivity index (χ3v) is 3.72. The zero-order valence-corrected chi connectivity index (χ0v) is 15.4. The number of azo groups is 1. The standard InChI is InChI=1S/C16H21N9O/c1-12-11-24(4)21-25(12)20-18-14-7-6-13(10-15(14)26-5)17-19-16-22(2)8-9-23(16)3/h6-11H,1-5H3/q+1. The van der Waals surface area contributed by atoms with Crippen LogP contribution in [0.2, 0.25) is 0 Å². The van der Waals surface area contributed by atoms with E-state index in [1.807, 2.05) is 55.8 Å². The number of ether oxygens (including phenoxy) is 1. The van der Waals surface area contributed by atoms with Gasteiger partial charge in [-0.05, 0) is 24.3 Å². The largest absolute Gasteiger partial charge is 0.494 e. The van der Waals surface area contributed by atoms with Gasteiger partial charge < -0.3 is 4.74 Å². The van der Waals surface area contributed by atoms with E-state index in [9.17, 15) is 0 Å². The van der Waals surface area contributed by atoms with Crippen LogP contribution < -0.4 is 14.8 Å². The first-order valence-corrected chi connectivity index (χ1v) is 7.93. The molecule has 3 rings (SSSR count). The first-order valence-electron chi connectivity index (χ1n) is 7.93. The lowest BCUT2D eigenvalue weighted by atomic mass is 10.2. The molecule has 0 aliphatic carbocycles. The molecule has 0 bridgehead atoms. The van der Waals surface area contributed by atoms with Crippen LogP contribution in [0, 0.1) is 0 Å². The first-order chi connectivity index (χ1) is 12.5. The Morgan fingerprint density at radius 1 is 1.15 bits per heavy atom. The second kappa shape index (κ2) is 7.31. The third kappa shape index (κ3) is 3.70. The quantitative estimate of drug-likeness (QED) is 0.610. The van der Waals surface area contributed by atoms with Crippen molar-refractivity contribution in [1.82, 2.24) is 20.2 Å². The van der Waals surface area contributed by atoms with Crippen LogP contribution in [0.1, 0.15) is 6.92 Å². The fourth-order valence-corrected chi connectivity index (χ4v) is 2.37. The van der Waals surface area contributed by atoms with Gasteiger partial charge in [-0.25, -0.2) is 9.13 Å². The summed E-state index contributed by atoms with van der Waals surface area (Å²) in [4.78, 5) is 0. The highest BCUT2D eigenvalue weighted by atomic mass is 16.5. The Kier molecular flexibility index (Phi) is 4.94. The van der Waals surface area contributed by atoms with Crippen LogP contribution in [0.3, 0.4) is 0 Å². The number of hydrogen-bond donors (Lipinski definition) is 0. The number of allylic oxidation sites excluding steroid dienone is 1. The molecule has 2 heterocycles. The van der Waals surface area contributed by atoms with E-state index in [1.54, 1.807) is 30.3 Å². The maximum Gasteiger partial charge on any atom is 0.421 e. The predicted molar refractivity (Wildman–Crippen MR) is 93.8 cm³/mol. The fraction of sp³-hybridized carbons (Fsp3) is 0.312. The monoisotopic (exact) mass is 355 g/mol. The number of rotatable bonds is 5. The smallest absolute Gasteiger partial charge is 0.421 e. The summed E-state index contributed by atoms with van der Waals surface area (Å²) in [6.07, 6.45) is 5.68. The van der Waals surface area contributed by atoms with Crippen LogP contribution >= 0.6 is 0 Å². The van der Waals surface area contributed by atoms with E-state index in [4.69, 9.17) is 4.74 Å². The second-order valence-electron chi connectivity index (χ2n) is 5.79. The topological polar surface area (TPSA) is 88.1 Å². The lowest BCUT2D eigenvalue weighted by Crippen LogP contribution is -2.26. The van der Waals surface area contributed by atoms with Crippen molar-refractivity contribution in [2.45, 2.75) is 6.92 Å². The Morgan fingerprint density at radius 3 is 2.58 bits per heavy atom. The molecule has 0 atom stereocenters. The number of aryl methyl sites for hydroxylation is 2.